The first-order valence-electron chi connectivity index (χ1n) is 6.01. The molecule has 0 radical (unpaired) electrons. The molecule has 2 rings (SSSR count). The van der Waals surface area contributed by atoms with E-state index in [1.807, 2.05) is 31.2 Å². The fraction of sp³-hybridized carbons (Fsp3) is 0.200. The zero-order chi connectivity index (χ0) is 14.8. The molecule has 0 amide bonds. The van der Waals surface area contributed by atoms with Crippen molar-refractivity contribution in [3.8, 4) is 0 Å². The Morgan fingerprint density at radius 2 is 1.85 bits per heavy atom. The van der Waals surface area contributed by atoms with Crippen LogP contribution in [0.1, 0.15) is 16.7 Å². The van der Waals surface area contributed by atoms with Crippen LogP contribution in [-0.4, -0.2) is 0 Å². The lowest BCUT2D eigenvalue weighted by Crippen LogP contribution is -2.05. The Balaban J connectivity index is 2.11. The third-order valence-corrected chi connectivity index (χ3v) is 3.97. The molecule has 0 bridgehead atoms. The van der Waals surface area contributed by atoms with E-state index >= 15 is 0 Å². The average Bonchev–Trinajstić information content (AvgIpc) is 2.36. The fourth-order valence-electron chi connectivity index (χ4n) is 1.82. The Labute approximate surface area is 120 Å². The Kier molecular flexibility index (Phi) is 4.28. The van der Waals surface area contributed by atoms with Crippen LogP contribution in [0.2, 0.25) is 0 Å². The highest BCUT2D eigenvalue weighted by Gasteiger charge is 2.30. The number of nitrogens with two attached hydrogens (primary N) is 1. The van der Waals surface area contributed by atoms with Gasteiger partial charge in [-0.05, 0) is 30.7 Å². The first kappa shape index (κ1) is 14.8. The minimum atomic E-state index is -4.35. The first-order chi connectivity index (χ1) is 9.36. The van der Waals surface area contributed by atoms with Crippen LogP contribution in [0, 0.1) is 6.92 Å². The molecule has 0 aromatic heterocycles. The third-order valence-electron chi connectivity index (χ3n) is 2.81. The van der Waals surface area contributed by atoms with Crippen LogP contribution in [0.3, 0.4) is 0 Å². The van der Waals surface area contributed by atoms with E-state index in [0.29, 0.717) is 10.6 Å². The van der Waals surface area contributed by atoms with Crippen LogP contribution in [0.25, 0.3) is 0 Å². The molecule has 20 heavy (non-hydrogen) atoms. The van der Waals surface area contributed by atoms with Crippen LogP contribution in [0.5, 0.6) is 0 Å². The van der Waals surface area contributed by atoms with E-state index in [2.05, 4.69) is 0 Å². The first-order valence-corrected chi connectivity index (χ1v) is 7.00. The molecule has 0 atom stereocenters. The van der Waals surface area contributed by atoms with Crippen molar-refractivity contribution in [1.82, 2.24) is 0 Å². The van der Waals surface area contributed by atoms with Crippen LogP contribution >= 0.6 is 11.8 Å². The van der Waals surface area contributed by atoms with Crippen molar-refractivity contribution in [2.45, 2.75) is 23.7 Å². The molecule has 0 fully saturated rings. The van der Waals surface area contributed by atoms with Crippen molar-refractivity contribution in [2.24, 2.45) is 0 Å². The smallest absolute Gasteiger partial charge is 0.398 e. The van der Waals surface area contributed by atoms with Gasteiger partial charge in [-0.1, -0.05) is 29.8 Å². The molecule has 0 aliphatic carbocycles. The van der Waals surface area contributed by atoms with E-state index in [0.717, 1.165) is 23.3 Å². The Hall–Kier alpha value is -1.62. The predicted octanol–water partition coefficient (Wildman–Crippen LogP) is 4.89. The van der Waals surface area contributed by atoms with Gasteiger partial charge in [-0.3, -0.25) is 0 Å². The van der Waals surface area contributed by atoms with Crippen molar-refractivity contribution >= 4 is 17.4 Å². The molecule has 0 spiro atoms. The third kappa shape index (κ3) is 3.70. The SMILES string of the molecule is Cc1cccc(CSc2ccc(C(F)(F)F)cc2N)c1. The summed E-state index contributed by atoms with van der Waals surface area (Å²) in [6.45, 7) is 2.00. The molecule has 5 heteroatoms. The number of halogens is 3. The van der Waals surface area contributed by atoms with Gasteiger partial charge >= 0.3 is 6.18 Å². The molecule has 0 saturated heterocycles. The summed E-state index contributed by atoms with van der Waals surface area (Å²) in [6, 6.07) is 11.5. The van der Waals surface area contributed by atoms with E-state index in [-0.39, 0.29) is 5.69 Å². The van der Waals surface area contributed by atoms with Gasteiger partial charge in [0, 0.05) is 16.3 Å². The number of hydrogen-bond donors (Lipinski definition) is 1. The van der Waals surface area contributed by atoms with Gasteiger partial charge in [-0.2, -0.15) is 13.2 Å². The summed E-state index contributed by atoms with van der Waals surface area (Å²) in [4.78, 5) is 0.666. The fourth-order valence-corrected chi connectivity index (χ4v) is 2.71. The largest absolute Gasteiger partial charge is 0.416 e. The number of thioether (sulfide) groups is 1. The lowest BCUT2D eigenvalue weighted by molar-refractivity contribution is -0.137. The van der Waals surface area contributed by atoms with Crippen LogP contribution in [0.15, 0.2) is 47.4 Å². The monoisotopic (exact) mass is 297 g/mol. The van der Waals surface area contributed by atoms with Crippen molar-refractivity contribution in [3.05, 3.63) is 59.2 Å². The molecule has 0 heterocycles. The summed E-state index contributed by atoms with van der Waals surface area (Å²) < 4.78 is 37.6. The van der Waals surface area contributed by atoms with Crippen molar-refractivity contribution in [2.75, 3.05) is 5.73 Å². The normalized spacial score (nSPS) is 11.6. The van der Waals surface area contributed by atoms with Gasteiger partial charge in [0.25, 0.3) is 0 Å². The maximum atomic E-state index is 12.5. The number of hydrogen-bond acceptors (Lipinski definition) is 2. The van der Waals surface area contributed by atoms with Gasteiger partial charge in [0.2, 0.25) is 0 Å². The summed E-state index contributed by atoms with van der Waals surface area (Å²) in [5.41, 5.74) is 7.42. The van der Waals surface area contributed by atoms with Gasteiger partial charge < -0.3 is 5.73 Å². The molecule has 2 N–H and O–H groups in total. The minimum Gasteiger partial charge on any atom is -0.398 e. The van der Waals surface area contributed by atoms with Gasteiger partial charge in [-0.15, -0.1) is 11.8 Å². The van der Waals surface area contributed by atoms with Gasteiger partial charge in [0.05, 0.1) is 5.56 Å². The molecule has 2 aromatic carbocycles. The summed E-state index contributed by atoms with van der Waals surface area (Å²) in [6.07, 6.45) is -4.35. The van der Waals surface area contributed by atoms with Crippen LogP contribution in [0.4, 0.5) is 18.9 Å². The highest BCUT2D eigenvalue weighted by atomic mass is 32.2. The number of anilines is 1. The van der Waals surface area contributed by atoms with E-state index in [1.165, 1.54) is 17.8 Å². The number of nitrogen functional groups attached to an aromatic ring is 1. The van der Waals surface area contributed by atoms with Crippen molar-refractivity contribution < 1.29 is 13.2 Å². The number of rotatable bonds is 3. The minimum absolute atomic E-state index is 0.164. The second-order valence-corrected chi connectivity index (χ2v) is 5.55. The molecular formula is C15H14F3NS. The lowest BCUT2D eigenvalue weighted by Gasteiger charge is -2.10. The molecule has 2 aromatic rings. The maximum Gasteiger partial charge on any atom is 0.416 e. The summed E-state index contributed by atoms with van der Waals surface area (Å²) in [7, 11) is 0. The Morgan fingerprint density at radius 1 is 1.10 bits per heavy atom. The molecule has 1 nitrogen and oxygen atoms in total. The molecule has 0 aliphatic rings. The second kappa shape index (κ2) is 5.79. The maximum absolute atomic E-state index is 12.5. The molecule has 106 valence electrons. The predicted molar refractivity (Wildman–Crippen MR) is 76.6 cm³/mol. The van der Waals surface area contributed by atoms with E-state index in [9.17, 15) is 13.2 Å². The Morgan fingerprint density at radius 3 is 2.45 bits per heavy atom. The van der Waals surface area contributed by atoms with E-state index < -0.39 is 11.7 Å². The standard InChI is InChI=1S/C15H14F3NS/c1-10-3-2-4-11(7-10)9-20-14-6-5-12(8-13(14)19)15(16,17)18/h2-8H,9,19H2,1H3. The van der Waals surface area contributed by atoms with E-state index in [4.69, 9.17) is 5.73 Å². The second-order valence-electron chi connectivity index (χ2n) is 4.53. The summed E-state index contributed by atoms with van der Waals surface area (Å²) >= 11 is 1.44. The van der Waals surface area contributed by atoms with Crippen molar-refractivity contribution in [3.63, 3.8) is 0 Å². The van der Waals surface area contributed by atoms with Gasteiger partial charge in [0.15, 0.2) is 0 Å². The summed E-state index contributed by atoms with van der Waals surface area (Å²) in [5.74, 6) is 0.678. The molecule has 0 saturated carbocycles. The van der Waals surface area contributed by atoms with Crippen molar-refractivity contribution in [1.29, 1.82) is 0 Å². The van der Waals surface area contributed by atoms with Gasteiger partial charge in [0.1, 0.15) is 0 Å². The average molecular weight is 297 g/mol. The topological polar surface area (TPSA) is 26.0 Å². The van der Waals surface area contributed by atoms with E-state index in [1.54, 1.807) is 0 Å². The number of aryl methyl sites for hydroxylation is 1. The quantitative estimate of drug-likeness (QED) is 0.645. The zero-order valence-corrected chi connectivity index (χ0v) is 11.7. The molecule has 0 unspecified atom stereocenters. The highest BCUT2D eigenvalue weighted by Crippen LogP contribution is 2.35. The molecule has 0 aliphatic heterocycles. The van der Waals surface area contributed by atoms with Crippen LogP contribution in [-0.2, 0) is 11.9 Å². The summed E-state index contributed by atoms with van der Waals surface area (Å²) in [5, 5.41) is 0. The number of alkyl halides is 3. The molecular weight excluding hydrogens is 283 g/mol. The van der Waals surface area contributed by atoms with Crippen LogP contribution < -0.4 is 5.73 Å². The zero-order valence-electron chi connectivity index (χ0n) is 10.9. The Bertz CT molecular complexity index is 608. The lowest BCUT2D eigenvalue weighted by atomic mass is 10.2. The highest BCUT2D eigenvalue weighted by molar-refractivity contribution is 7.98. The number of benzene rings is 2. The van der Waals surface area contributed by atoms with Gasteiger partial charge in [-0.25, -0.2) is 0 Å².